The minimum atomic E-state index is -3.89. The number of halogens is 2. The average Bonchev–Trinajstić information content (AvgIpc) is 2.43. The maximum Gasteiger partial charge on any atom is 0.243 e. The first-order valence-electron chi connectivity index (χ1n) is 7.09. The van der Waals surface area contributed by atoms with Crippen molar-refractivity contribution in [2.75, 3.05) is 7.05 Å². The normalized spacial score (nSPS) is 17.1. The summed E-state index contributed by atoms with van der Waals surface area (Å²) in [6.07, 6.45) is 4.71. The Labute approximate surface area is 130 Å². The molecule has 21 heavy (non-hydrogen) atoms. The fourth-order valence-electron chi connectivity index (χ4n) is 2.64. The van der Waals surface area contributed by atoms with E-state index in [1.54, 1.807) is 7.05 Å². The SMILES string of the molecule is CNCc1cc(Cl)cc(S(=O)(=O)NC2CCCCC2)c1F. The van der Waals surface area contributed by atoms with E-state index >= 15 is 0 Å². The monoisotopic (exact) mass is 334 g/mol. The Morgan fingerprint density at radius 1 is 1.29 bits per heavy atom. The summed E-state index contributed by atoms with van der Waals surface area (Å²) in [6.45, 7) is 0.221. The highest BCUT2D eigenvalue weighted by atomic mass is 35.5. The molecule has 2 rings (SSSR count). The zero-order chi connectivity index (χ0) is 15.5. The van der Waals surface area contributed by atoms with Gasteiger partial charge in [-0.3, -0.25) is 0 Å². The van der Waals surface area contributed by atoms with Gasteiger partial charge in [0.25, 0.3) is 0 Å². The summed E-state index contributed by atoms with van der Waals surface area (Å²) >= 11 is 5.92. The molecule has 118 valence electrons. The molecule has 1 aromatic rings. The Bertz CT molecular complexity index is 601. The molecule has 0 spiro atoms. The van der Waals surface area contributed by atoms with Crippen LogP contribution in [0.1, 0.15) is 37.7 Å². The van der Waals surface area contributed by atoms with Crippen molar-refractivity contribution in [3.8, 4) is 0 Å². The van der Waals surface area contributed by atoms with Crippen LogP contribution >= 0.6 is 11.6 Å². The minimum absolute atomic E-state index is 0.116. The second-order valence-electron chi connectivity index (χ2n) is 5.36. The van der Waals surface area contributed by atoms with Crippen LogP contribution in [0.3, 0.4) is 0 Å². The summed E-state index contributed by atoms with van der Waals surface area (Å²) in [5, 5.41) is 3.01. The summed E-state index contributed by atoms with van der Waals surface area (Å²) < 4.78 is 41.8. The van der Waals surface area contributed by atoms with Gasteiger partial charge in [-0.15, -0.1) is 0 Å². The molecule has 1 saturated carbocycles. The van der Waals surface area contributed by atoms with Gasteiger partial charge in [-0.1, -0.05) is 30.9 Å². The van der Waals surface area contributed by atoms with Crippen molar-refractivity contribution in [3.63, 3.8) is 0 Å². The molecule has 0 aliphatic heterocycles. The van der Waals surface area contributed by atoms with Gasteiger partial charge in [-0.25, -0.2) is 17.5 Å². The van der Waals surface area contributed by atoms with Gasteiger partial charge in [0.05, 0.1) is 0 Å². The van der Waals surface area contributed by atoms with Gasteiger partial charge < -0.3 is 5.32 Å². The third-order valence-electron chi connectivity index (χ3n) is 3.66. The fourth-order valence-corrected chi connectivity index (χ4v) is 4.39. The van der Waals surface area contributed by atoms with Crippen molar-refractivity contribution in [3.05, 3.63) is 28.5 Å². The topological polar surface area (TPSA) is 58.2 Å². The van der Waals surface area contributed by atoms with Gasteiger partial charge in [0.1, 0.15) is 10.7 Å². The first kappa shape index (κ1) is 16.7. The molecule has 1 aliphatic rings. The van der Waals surface area contributed by atoms with Crippen molar-refractivity contribution >= 4 is 21.6 Å². The van der Waals surface area contributed by atoms with E-state index in [1.165, 1.54) is 12.1 Å². The van der Waals surface area contributed by atoms with E-state index in [0.29, 0.717) is 0 Å². The highest BCUT2D eigenvalue weighted by Gasteiger charge is 2.26. The first-order chi connectivity index (χ1) is 9.94. The lowest BCUT2D eigenvalue weighted by molar-refractivity contribution is 0.411. The lowest BCUT2D eigenvalue weighted by atomic mass is 9.96. The Morgan fingerprint density at radius 3 is 2.57 bits per heavy atom. The van der Waals surface area contributed by atoms with Gasteiger partial charge >= 0.3 is 0 Å². The van der Waals surface area contributed by atoms with Gasteiger partial charge in [0.2, 0.25) is 10.0 Å². The average molecular weight is 335 g/mol. The van der Waals surface area contributed by atoms with Crippen molar-refractivity contribution < 1.29 is 12.8 Å². The number of sulfonamides is 1. The maximum atomic E-state index is 14.4. The third kappa shape index (κ3) is 4.16. The number of hydrogen-bond acceptors (Lipinski definition) is 3. The number of hydrogen-bond donors (Lipinski definition) is 2. The van der Waals surface area contributed by atoms with E-state index in [0.717, 1.165) is 32.1 Å². The summed E-state index contributed by atoms with van der Waals surface area (Å²) in [6, 6.07) is 2.49. The van der Waals surface area contributed by atoms with Gasteiger partial charge in [-0.05, 0) is 32.0 Å². The molecule has 1 aromatic carbocycles. The minimum Gasteiger partial charge on any atom is -0.316 e. The van der Waals surface area contributed by atoms with E-state index in [1.807, 2.05) is 0 Å². The van der Waals surface area contributed by atoms with Crippen LogP contribution in [0.25, 0.3) is 0 Å². The molecule has 1 aliphatic carbocycles. The molecule has 0 aromatic heterocycles. The number of rotatable bonds is 5. The molecule has 0 saturated heterocycles. The van der Waals surface area contributed by atoms with Crippen LogP contribution in [0.2, 0.25) is 5.02 Å². The molecule has 0 amide bonds. The largest absolute Gasteiger partial charge is 0.316 e. The summed E-state index contributed by atoms with van der Waals surface area (Å²) in [5.74, 6) is -0.739. The van der Waals surface area contributed by atoms with Crippen LogP contribution in [0.5, 0.6) is 0 Å². The summed E-state index contributed by atoms with van der Waals surface area (Å²) in [5.41, 5.74) is 0.244. The zero-order valence-corrected chi connectivity index (χ0v) is 13.5. The summed E-state index contributed by atoms with van der Waals surface area (Å²) in [4.78, 5) is -0.370. The Kier molecular flexibility index (Phi) is 5.60. The van der Waals surface area contributed by atoms with E-state index < -0.39 is 15.8 Å². The predicted octanol–water partition coefficient (Wildman–Crippen LogP) is 2.81. The predicted molar refractivity (Wildman–Crippen MR) is 81.4 cm³/mol. The van der Waals surface area contributed by atoms with Crippen LogP contribution < -0.4 is 10.0 Å². The van der Waals surface area contributed by atoms with E-state index in [9.17, 15) is 12.8 Å². The van der Waals surface area contributed by atoms with E-state index in [4.69, 9.17) is 11.6 Å². The molecule has 0 bridgehead atoms. The van der Waals surface area contributed by atoms with Crippen LogP contribution in [-0.2, 0) is 16.6 Å². The molecule has 7 heteroatoms. The second kappa shape index (κ2) is 7.05. The molecule has 0 atom stereocenters. The standard InChI is InChI=1S/C14H20ClFN2O2S/c1-17-9-10-7-11(15)8-13(14(10)16)21(19,20)18-12-5-3-2-4-6-12/h7-8,12,17-18H,2-6,9H2,1H3. The molecule has 2 N–H and O–H groups in total. The Hall–Kier alpha value is -0.690. The Balaban J connectivity index is 2.30. The highest BCUT2D eigenvalue weighted by Crippen LogP contribution is 2.25. The fraction of sp³-hybridized carbons (Fsp3) is 0.571. The first-order valence-corrected chi connectivity index (χ1v) is 8.95. The van der Waals surface area contributed by atoms with Crippen molar-refractivity contribution in [1.82, 2.24) is 10.0 Å². The van der Waals surface area contributed by atoms with Crippen LogP contribution in [0.15, 0.2) is 17.0 Å². The molecular weight excluding hydrogens is 315 g/mol. The van der Waals surface area contributed by atoms with Gasteiger partial charge in [-0.2, -0.15) is 0 Å². The summed E-state index contributed by atoms with van der Waals surface area (Å²) in [7, 11) is -2.23. The quantitative estimate of drug-likeness (QED) is 0.870. The zero-order valence-electron chi connectivity index (χ0n) is 12.0. The third-order valence-corrected chi connectivity index (χ3v) is 5.40. The number of benzene rings is 1. The van der Waals surface area contributed by atoms with Crippen molar-refractivity contribution in [1.29, 1.82) is 0 Å². The lowest BCUT2D eigenvalue weighted by Crippen LogP contribution is -2.36. The lowest BCUT2D eigenvalue weighted by Gasteiger charge is -2.23. The van der Waals surface area contributed by atoms with E-state index in [-0.39, 0.29) is 28.1 Å². The highest BCUT2D eigenvalue weighted by molar-refractivity contribution is 7.89. The van der Waals surface area contributed by atoms with Crippen LogP contribution in [0, 0.1) is 5.82 Å². The van der Waals surface area contributed by atoms with Gasteiger partial charge in [0, 0.05) is 23.2 Å². The molecule has 0 radical (unpaired) electrons. The molecule has 0 unspecified atom stereocenters. The number of nitrogens with one attached hydrogen (secondary N) is 2. The maximum absolute atomic E-state index is 14.4. The van der Waals surface area contributed by atoms with Crippen LogP contribution in [-0.4, -0.2) is 21.5 Å². The Morgan fingerprint density at radius 2 is 1.95 bits per heavy atom. The second-order valence-corrected chi connectivity index (χ2v) is 7.48. The molecule has 4 nitrogen and oxygen atoms in total. The smallest absolute Gasteiger partial charge is 0.243 e. The van der Waals surface area contributed by atoms with E-state index in [2.05, 4.69) is 10.0 Å². The van der Waals surface area contributed by atoms with Crippen molar-refractivity contribution in [2.45, 2.75) is 49.6 Å². The molecule has 0 heterocycles. The van der Waals surface area contributed by atoms with Crippen molar-refractivity contribution in [2.24, 2.45) is 0 Å². The van der Waals surface area contributed by atoms with Crippen LogP contribution in [0.4, 0.5) is 4.39 Å². The molecule has 1 fully saturated rings. The molecular formula is C14H20ClFN2O2S. The van der Waals surface area contributed by atoms with Gasteiger partial charge in [0.15, 0.2) is 0 Å².